The Balaban J connectivity index is 1.24. The van der Waals surface area contributed by atoms with Gasteiger partial charge in [-0.2, -0.15) is 0 Å². The summed E-state index contributed by atoms with van der Waals surface area (Å²) < 4.78 is 0. The normalized spacial score (nSPS) is 14.8. The Morgan fingerprint density at radius 3 is 2.20 bits per heavy atom. The van der Waals surface area contributed by atoms with Crippen molar-refractivity contribution in [2.75, 3.05) is 44.2 Å². The van der Waals surface area contributed by atoms with Gasteiger partial charge in [-0.25, -0.2) is 9.97 Å². The second-order valence-electron chi connectivity index (χ2n) is 8.60. The van der Waals surface area contributed by atoms with Crippen LogP contribution in [0.25, 0.3) is 0 Å². The molecular formula is C27H32N6O2. The molecule has 2 amide bonds. The van der Waals surface area contributed by atoms with Gasteiger partial charge in [0, 0.05) is 57.1 Å². The molecule has 182 valence electrons. The Hall–Kier alpha value is -3.78. The first-order valence-electron chi connectivity index (χ1n) is 12.1. The zero-order valence-electron chi connectivity index (χ0n) is 19.8. The van der Waals surface area contributed by atoms with Crippen LogP contribution in [0.5, 0.6) is 0 Å². The Labute approximate surface area is 206 Å². The second-order valence-corrected chi connectivity index (χ2v) is 8.60. The molecule has 2 heterocycles. The van der Waals surface area contributed by atoms with Crippen molar-refractivity contribution in [3.63, 3.8) is 0 Å². The highest BCUT2D eigenvalue weighted by molar-refractivity contribution is 5.97. The standard InChI is InChI=1S/C27H32N6O2/c34-25(23-11-5-2-6-12-23)31-24(21-22-9-3-1-4-10-22)26(35)28-15-8-16-32-17-19-33(20-18-32)27-29-13-7-14-30-27/h1-7,9-14,24H,8,15-21H2,(H,28,35)(H,31,34). The van der Waals surface area contributed by atoms with Gasteiger partial charge in [0.1, 0.15) is 6.04 Å². The van der Waals surface area contributed by atoms with E-state index in [0.29, 0.717) is 18.5 Å². The van der Waals surface area contributed by atoms with Crippen molar-refractivity contribution in [2.24, 2.45) is 0 Å². The molecule has 1 unspecified atom stereocenters. The van der Waals surface area contributed by atoms with Crippen molar-refractivity contribution in [3.8, 4) is 0 Å². The van der Waals surface area contributed by atoms with Crippen LogP contribution in [0.1, 0.15) is 22.3 Å². The van der Waals surface area contributed by atoms with Crippen LogP contribution in [0.4, 0.5) is 5.95 Å². The summed E-state index contributed by atoms with van der Waals surface area (Å²) in [6, 6.07) is 19.9. The minimum Gasteiger partial charge on any atom is -0.354 e. The molecular weight excluding hydrogens is 440 g/mol. The third-order valence-electron chi connectivity index (χ3n) is 6.10. The summed E-state index contributed by atoms with van der Waals surface area (Å²) in [5, 5.41) is 5.94. The predicted octanol–water partition coefficient (Wildman–Crippen LogP) is 2.15. The third kappa shape index (κ3) is 7.35. The van der Waals surface area contributed by atoms with Crippen molar-refractivity contribution >= 4 is 17.8 Å². The van der Waals surface area contributed by atoms with E-state index in [1.54, 1.807) is 24.5 Å². The number of hydrogen-bond donors (Lipinski definition) is 2. The largest absolute Gasteiger partial charge is 0.354 e. The van der Waals surface area contributed by atoms with E-state index in [1.807, 2.05) is 54.6 Å². The molecule has 1 atom stereocenters. The van der Waals surface area contributed by atoms with Gasteiger partial charge < -0.3 is 15.5 Å². The van der Waals surface area contributed by atoms with Gasteiger partial charge in [-0.1, -0.05) is 48.5 Å². The first-order valence-corrected chi connectivity index (χ1v) is 12.1. The molecule has 1 aromatic heterocycles. The highest BCUT2D eigenvalue weighted by atomic mass is 16.2. The number of hydrogen-bond acceptors (Lipinski definition) is 6. The smallest absolute Gasteiger partial charge is 0.251 e. The van der Waals surface area contributed by atoms with E-state index in [-0.39, 0.29) is 11.8 Å². The predicted molar refractivity (Wildman–Crippen MR) is 136 cm³/mol. The molecule has 0 radical (unpaired) electrons. The molecule has 0 aliphatic carbocycles. The number of aromatic nitrogens is 2. The highest BCUT2D eigenvalue weighted by Gasteiger charge is 2.22. The lowest BCUT2D eigenvalue weighted by atomic mass is 10.0. The molecule has 0 spiro atoms. The van der Waals surface area contributed by atoms with Crippen molar-refractivity contribution < 1.29 is 9.59 Å². The second kappa shape index (κ2) is 12.6. The van der Waals surface area contributed by atoms with E-state index in [4.69, 9.17) is 0 Å². The molecule has 4 rings (SSSR count). The number of benzene rings is 2. The van der Waals surface area contributed by atoms with Crippen molar-refractivity contribution in [2.45, 2.75) is 18.9 Å². The van der Waals surface area contributed by atoms with E-state index in [0.717, 1.165) is 50.7 Å². The van der Waals surface area contributed by atoms with Crippen LogP contribution in [0.3, 0.4) is 0 Å². The van der Waals surface area contributed by atoms with Crippen molar-refractivity contribution in [1.82, 2.24) is 25.5 Å². The highest BCUT2D eigenvalue weighted by Crippen LogP contribution is 2.10. The van der Waals surface area contributed by atoms with E-state index < -0.39 is 6.04 Å². The molecule has 0 bridgehead atoms. The Morgan fingerprint density at radius 2 is 1.51 bits per heavy atom. The van der Waals surface area contributed by atoms with Gasteiger partial charge in [-0.05, 0) is 36.7 Å². The van der Waals surface area contributed by atoms with Gasteiger partial charge in [0.25, 0.3) is 5.91 Å². The number of carbonyl (C=O) groups is 2. The number of carbonyl (C=O) groups excluding carboxylic acids is 2. The van der Waals surface area contributed by atoms with Crippen LogP contribution < -0.4 is 15.5 Å². The zero-order chi connectivity index (χ0) is 24.3. The van der Waals surface area contributed by atoms with Gasteiger partial charge in [-0.3, -0.25) is 14.5 Å². The minimum absolute atomic E-state index is 0.163. The Kier molecular flexibility index (Phi) is 8.78. The molecule has 1 saturated heterocycles. The Bertz CT molecular complexity index is 1060. The maximum Gasteiger partial charge on any atom is 0.251 e. The third-order valence-corrected chi connectivity index (χ3v) is 6.10. The van der Waals surface area contributed by atoms with Gasteiger partial charge in [0.2, 0.25) is 11.9 Å². The van der Waals surface area contributed by atoms with Crippen LogP contribution >= 0.6 is 0 Å². The average molecular weight is 473 g/mol. The molecule has 1 aliphatic heterocycles. The molecule has 1 aliphatic rings. The SMILES string of the molecule is O=C(NC(Cc1ccccc1)C(=O)NCCCN1CCN(c2ncccn2)CC1)c1ccccc1. The van der Waals surface area contributed by atoms with Crippen LogP contribution in [-0.2, 0) is 11.2 Å². The molecule has 8 heteroatoms. The quantitative estimate of drug-likeness (QED) is 0.440. The summed E-state index contributed by atoms with van der Waals surface area (Å²) in [5.74, 6) is 0.368. The molecule has 0 saturated carbocycles. The summed E-state index contributed by atoms with van der Waals surface area (Å²) in [4.78, 5) is 39.0. The van der Waals surface area contributed by atoms with Crippen molar-refractivity contribution in [1.29, 1.82) is 0 Å². The molecule has 3 aromatic rings. The maximum absolute atomic E-state index is 13.0. The van der Waals surface area contributed by atoms with E-state index in [1.165, 1.54) is 0 Å². The van der Waals surface area contributed by atoms with Crippen LogP contribution in [0, 0.1) is 0 Å². The summed E-state index contributed by atoms with van der Waals surface area (Å²) in [6.07, 6.45) is 4.82. The van der Waals surface area contributed by atoms with Crippen LogP contribution in [0.15, 0.2) is 79.1 Å². The van der Waals surface area contributed by atoms with Gasteiger partial charge in [-0.15, -0.1) is 0 Å². The van der Waals surface area contributed by atoms with E-state index >= 15 is 0 Å². The first-order chi connectivity index (χ1) is 17.2. The fourth-order valence-corrected chi connectivity index (χ4v) is 4.15. The van der Waals surface area contributed by atoms with Gasteiger partial charge in [0.15, 0.2) is 0 Å². The van der Waals surface area contributed by atoms with E-state index in [9.17, 15) is 9.59 Å². The van der Waals surface area contributed by atoms with Crippen LogP contribution in [0.2, 0.25) is 0 Å². The summed E-state index contributed by atoms with van der Waals surface area (Å²) >= 11 is 0. The van der Waals surface area contributed by atoms with Gasteiger partial charge in [0.05, 0.1) is 0 Å². The number of anilines is 1. The number of rotatable bonds is 10. The van der Waals surface area contributed by atoms with Crippen molar-refractivity contribution in [3.05, 3.63) is 90.3 Å². The fourth-order valence-electron chi connectivity index (χ4n) is 4.15. The lowest BCUT2D eigenvalue weighted by molar-refractivity contribution is -0.122. The molecule has 35 heavy (non-hydrogen) atoms. The zero-order valence-corrected chi connectivity index (χ0v) is 19.8. The topological polar surface area (TPSA) is 90.5 Å². The monoisotopic (exact) mass is 472 g/mol. The maximum atomic E-state index is 13.0. The van der Waals surface area contributed by atoms with E-state index in [2.05, 4.69) is 30.4 Å². The lowest BCUT2D eigenvalue weighted by Gasteiger charge is -2.34. The molecule has 2 N–H and O–H groups in total. The molecule has 1 fully saturated rings. The van der Waals surface area contributed by atoms with Crippen LogP contribution in [-0.4, -0.2) is 72.0 Å². The number of nitrogens with zero attached hydrogens (tertiary/aromatic N) is 4. The minimum atomic E-state index is -0.639. The summed E-state index contributed by atoms with van der Waals surface area (Å²) in [7, 11) is 0. The summed E-state index contributed by atoms with van der Waals surface area (Å²) in [6.45, 7) is 5.13. The number of amides is 2. The lowest BCUT2D eigenvalue weighted by Crippen LogP contribution is -2.49. The number of nitrogens with one attached hydrogen (secondary N) is 2. The average Bonchev–Trinajstić information content (AvgIpc) is 2.92. The molecule has 2 aromatic carbocycles. The Morgan fingerprint density at radius 1 is 0.857 bits per heavy atom. The fraction of sp³-hybridized carbons (Fsp3) is 0.333. The number of piperazine rings is 1. The van der Waals surface area contributed by atoms with Gasteiger partial charge >= 0.3 is 0 Å². The molecule has 8 nitrogen and oxygen atoms in total. The summed E-state index contributed by atoms with van der Waals surface area (Å²) in [5.41, 5.74) is 1.54. The first kappa shape index (κ1) is 24.3.